The quantitative estimate of drug-likeness (QED) is 0.930. The molecule has 122 valence electrons. The molecule has 22 heavy (non-hydrogen) atoms. The first kappa shape index (κ1) is 17.0. The van der Waals surface area contributed by atoms with Crippen molar-refractivity contribution in [3.8, 4) is 0 Å². The summed E-state index contributed by atoms with van der Waals surface area (Å²) in [6, 6.07) is 2.02. The van der Waals surface area contributed by atoms with Gasteiger partial charge in [0.25, 0.3) is 5.91 Å². The van der Waals surface area contributed by atoms with E-state index in [1.54, 1.807) is 25.4 Å². The van der Waals surface area contributed by atoms with Gasteiger partial charge in [-0.05, 0) is 42.2 Å². The van der Waals surface area contributed by atoms with E-state index in [9.17, 15) is 9.59 Å². The zero-order valence-corrected chi connectivity index (χ0v) is 15.0. The van der Waals surface area contributed by atoms with E-state index < -0.39 is 0 Å². The topological polar surface area (TPSA) is 49.4 Å². The lowest BCUT2D eigenvalue weighted by Gasteiger charge is -2.33. The van der Waals surface area contributed by atoms with Crippen LogP contribution in [-0.2, 0) is 17.6 Å². The van der Waals surface area contributed by atoms with Gasteiger partial charge in [-0.2, -0.15) is 0 Å². The van der Waals surface area contributed by atoms with E-state index in [0.29, 0.717) is 11.3 Å². The number of hydrogen-bond acceptors (Lipinski definition) is 3. The van der Waals surface area contributed by atoms with Gasteiger partial charge in [0.2, 0.25) is 5.91 Å². The van der Waals surface area contributed by atoms with Crippen molar-refractivity contribution in [2.24, 2.45) is 11.3 Å². The Morgan fingerprint density at radius 2 is 2.05 bits per heavy atom. The molecule has 0 spiro atoms. The maximum absolute atomic E-state index is 12.2. The van der Waals surface area contributed by atoms with E-state index >= 15 is 0 Å². The van der Waals surface area contributed by atoms with Crippen molar-refractivity contribution in [3.63, 3.8) is 0 Å². The van der Waals surface area contributed by atoms with Gasteiger partial charge < -0.3 is 10.2 Å². The number of likely N-dealkylation sites (N-methyl/N-ethyl adjacent to an activating group) is 1. The standard InChI is InChI=1S/C17H26N2O2S/c1-17(2,3)12-6-7-13-11(8-12)9-14(22-13)16(21)18-10-15(20)19(4)5/h9,12H,6-8,10H2,1-5H3,(H,18,21)/t12-/m1/s1. The van der Waals surface area contributed by atoms with Crippen LogP contribution in [-0.4, -0.2) is 37.4 Å². The average molecular weight is 322 g/mol. The fraction of sp³-hybridized carbons (Fsp3) is 0.647. The van der Waals surface area contributed by atoms with Crippen molar-refractivity contribution in [3.05, 3.63) is 21.4 Å². The van der Waals surface area contributed by atoms with Gasteiger partial charge in [0.1, 0.15) is 0 Å². The Morgan fingerprint density at radius 3 is 2.64 bits per heavy atom. The number of rotatable bonds is 3. The van der Waals surface area contributed by atoms with Crippen LogP contribution < -0.4 is 5.32 Å². The van der Waals surface area contributed by atoms with E-state index in [1.165, 1.54) is 21.8 Å². The first-order valence-corrected chi connectivity index (χ1v) is 8.60. The van der Waals surface area contributed by atoms with Crippen molar-refractivity contribution in [1.29, 1.82) is 0 Å². The number of amides is 2. The molecule has 0 aliphatic heterocycles. The Labute approximate surface area is 136 Å². The van der Waals surface area contributed by atoms with Gasteiger partial charge in [0, 0.05) is 19.0 Å². The first-order chi connectivity index (χ1) is 10.2. The second kappa shape index (κ2) is 6.41. The van der Waals surface area contributed by atoms with Crippen molar-refractivity contribution < 1.29 is 9.59 Å². The number of thiophene rings is 1. The summed E-state index contributed by atoms with van der Waals surface area (Å²) in [4.78, 5) is 27.3. The van der Waals surface area contributed by atoms with Crippen LogP contribution in [0.3, 0.4) is 0 Å². The zero-order chi connectivity index (χ0) is 16.5. The first-order valence-electron chi connectivity index (χ1n) is 7.78. The summed E-state index contributed by atoms with van der Waals surface area (Å²) in [5.74, 6) is 0.435. The highest BCUT2D eigenvalue weighted by molar-refractivity contribution is 7.14. The van der Waals surface area contributed by atoms with Gasteiger partial charge in [0.15, 0.2) is 0 Å². The maximum Gasteiger partial charge on any atom is 0.261 e. The van der Waals surface area contributed by atoms with Gasteiger partial charge in [-0.25, -0.2) is 0 Å². The Kier molecular flexibility index (Phi) is 4.95. The zero-order valence-electron chi connectivity index (χ0n) is 14.2. The third kappa shape index (κ3) is 3.88. The van der Waals surface area contributed by atoms with Gasteiger partial charge in [-0.3, -0.25) is 9.59 Å². The molecule has 1 aliphatic carbocycles. The largest absolute Gasteiger partial charge is 0.347 e. The molecule has 1 heterocycles. The monoisotopic (exact) mass is 322 g/mol. The Morgan fingerprint density at radius 1 is 1.36 bits per heavy atom. The van der Waals surface area contributed by atoms with Gasteiger partial charge in [0.05, 0.1) is 11.4 Å². The fourth-order valence-corrected chi connectivity index (χ4v) is 3.90. The van der Waals surface area contributed by atoms with Crippen LogP contribution >= 0.6 is 11.3 Å². The number of nitrogens with zero attached hydrogens (tertiary/aromatic N) is 1. The fourth-order valence-electron chi connectivity index (χ4n) is 2.78. The van der Waals surface area contributed by atoms with Gasteiger partial charge >= 0.3 is 0 Å². The molecule has 0 unspecified atom stereocenters. The normalized spacial score (nSPS) is 17.8. The van der Waals surface area contributed by atoms with Crippen molar-refractivity contribution in [2.75, 3.05) is 20.6 Å². The molecule has 2 rings (SSSR count). The molecular weight excluding hydrogens is 296 g/mol. The predicted octanol–water partition coefficient (Wildman–Crippen LogP) is 2.72. The predicted molar refractivity (Wildman–Crippen MR) is 90.3 cm³/mol. The van der Waals surface area contributed by atoms with E-state index in [2.05, 4.69) is 26.1 Å². The summed E-state index contributed by atoms with van der Waals surface area (Å²) < 4.78 is 0. The third-order valence-corrected chi connectivity index (χ3v) is 5.67. The molecule has 0 aromatic carbocycles. The summed E-state index contributed by atoms with van der Waals surface area (Å²) in [5.41, 5.74) is 1.63. The molecule has 0 fully saturated rings. The van der Waals surface area contributed by atoms with Crippen LogP contribution in [0.1, 0.15) is 47.3 Å². The second-order valence-electron chi connectivity index (χ2n) is 7.34. The Bertz CT molecular complexity index is 570. The number of aryl methyl sites for hydroxylation is 1. The Hall–Kier alpha value is -1.36. The summed E-state index contributed by atoms with van der Waals surface area (Å²) in [7, 11) is 3.37. The lowest BCUT2D eigenvalue weighted by Crippen LogP contribution is -2.35. The number of nitrogens with one attached hydrogen (secondary N) is 1. The summed E-state index contributed by atoms with van der Waals surface area (Å²) in [6.45, 7) is 6.92. The van der Waals surface area contributed by atoms with Crippen LogP contribution in [0.15, 0.2) is 6.07 Å². The SMILES string of the molecule is CN(C)C(=O)CNC(=O)c1cc2c(s1)CC[C@@H](C(C)(C)C)C2. The molecule has 1 aromatic heterocycles. The van der Waals surface area contributed by atoms with Crippen molar-refractivity contribution in [2.45, 2.75) is 40.0 Å². The minimum absolute atomic E-state index is 0.0546. The summed E-state index contributed by atoms with van der Waals surface area (Å²) in [5, 5.41) is 2.71. The van der Waals surface area contributed by atoms with E-state index in [1.807, 2.05) is 6.07 Å². The molecule has 1 aliphatic rings. The molecule has 0 saturated carbocycles. The minimum atomic E-state index is -0.137. The highest BCUT2D eigenvalue weighted by Gasteiger charge is 2.30. The van der Waals surface area contributed by atoms with Crippen LogP contribution in [0.25, 0.3) is 0 Å². The molecule has 0 saturated heterocycles. The number of hydrogen-bond donors (Lipinski definition) is 1. The molecule has 1 atom stereocenters. The molecule has 1 N–H and O–H groups in total. The van der Waals surface area contributed by atoms with E-state index in [-0.39, 0.29) is 18.4 Å². The summed E-state index contributed by atoms with van der Waals surface area (Å²) >= 11 is 1.58. The lowest BCUT2D eigenvalue weighted by molar-refractivity contribution is -0.127. The molecule has 4 nitrogen and oxygen atoms in total. The van der Waals surface area contributed by atoms with Crippen LogP contribution in [0.5, 0.6) is 0 Å². The van der Waals surface area contributed by atoms with Crippen LogP contribution in [0.4, 0.5) is 0 Å². The van der Waals surface area contributed by atoms with Crippen molar-refractivity contribution >= 4 is 23.2 Å². The van der Waals surface area contributed by atoms with Crippen molar-refractivity contribution in [1.82, 2.24) is 10.2 Å². The van der Waals surface area contributed by atoms with Crippen LogP contribution in [0, 0.1) is 11.3 Å². The average Bonchev–Trinajstić information content (AvgIpc) is 2.86. The molecule has 0 bridgehead atoms. The number of fused-ring (bicyclic) bond motifs is 1. The number of carbonyl (C=O) groups is 2. The minimum Gasteiger partial charge on any atom is -0.347 e. The maximum atomic E-state index is 12.2. The highest BCUT2D eigenvalue weighted by Crippen LogP contribution is 2.40. The van der Waals surface area contributed by atoms with Gasteiger partial charge in [-0.15, -0.1) is 11.3 Å². The van der Waals surface area contributed by atoms with E-state index in [0.717, 1.165) is 17.7 Å². The Balaban J connectivity index is 2.02. The van der Waals surface area contributed by atoms with Gasteiger partial charge in [-0.1, -0.05) is 20.8 Å². The lowest BCUT2D eigenvalue weighted by atomic mass is 9.72. The molecule has 0 radical (unpaired) electrons. The smallest absolute Gasteiger partial charge is 0.261 e. The van der Waals surface area contributed by atoms with Crippen LogP contribution in [0.2, 0.25) is 0 Å². The third-order valence-electron chi connectivity index (χ3n) is 4.43. The highest BCUT2D eigenvalue weighted by atomic mass is 32.1. The molecule has 5 heteroatoms. The molecule has 2 amide bonds. The number of carbonyl (C=O) groups excluding carboxylic acids is 2. The molecular formula is C17H26N2O2S. The van der Waals surface area contributed by atoms with E-state index in [4.69, 9.17) is 0 Å². The second-order valence-corrected chi connectivity index (χ2v) is 8.47. The summed E-state index contributed by atoms with van der Waals surface area (Å²) in [6.07, 6.45) is 3.31. The molecule has 1 aromatic rings.